The molecule has 2 heterocycles. The van der Waals surface area contributed by atoms with Crippen molar-refractivity contribution >= 4 is 40.6 Å². The predicted octanol–water partition coefficient (Wildman–Crippen LogP) is 2.41. The third-order valence-corrected chi connectivity index (χ3v) is 4.20. The number of aryl methyl sites for hydroxylation is 1. The van der Waals surface area contributed by atoms with Crippen molar-refractivity contribution in [2.75, 3.05) is 31.0 Å². The van der Waals surface area contributed by atoms with Crippen LogP contribution in [0.2, 0.25) is 0 Å². The van der Waals surface area contributed by atoms with E-state index in [4.69, 9.17) is 13.9 Å². The number of carbonyl (C=O) groups excluding carboxylic acids is 2. The highest BCUT2D eigenvalue weighted by molar-refractivity contribution is 7.98. The molecule has 1 N–H and O–H groups in total. The van der Waals surface area contributed by atoms with Crippen LogP contribution in [-0.2, 0) is 14.3 Å². The second-order valence-corrected chi connectivity index (χ2v) is 6.14. The largest absolute Gasteiger partial charge is 0.467 e. The number of ether oxygens (including phenoxy) is 2. The van der Waals surface area contributed by atoms with Crippen molar-refractivity contribution < 1.29 is 23.5 Å². The highest BCUT2D eigenvalue weighted by Gasteiger charge is 2.26. The lowest BCUT2D eigenvalue weighted by Crippen LogP contribution is -2.31. The molecule has 0 saturated carbocycles. The maximum atomic E-state index is 12.3. The van der Waals surface area contributed by atoms with E-state index in [0.717, 1.165) is 5.75 Å². The molecule has 2 rings (SSSR count). The number of carbonyl (C=O) groups is 2. The van der Waals surface area contributed by atoms with Crippen molar-refractivity contribution in [1.29, 1.82) is 0 Å². The molecule has 9 heteroatoms. The SMILES string of the molecule is CCOC(=O)c1c(C)oc2ncnc(NC(CCSC)C(=O)OC)c12. The van der Waals surface area contributed by atoms with Crippen LogP contribution in [0.4, 0.5) is 5.82 Å². The Labute approximate surface area is 149 Å². The minimum atomic E-state index is -0.596. The molecule has 1 unspecified atom stereocenters. The Morgan fingerprint density at radius 1 is 1.40 bits per heavy atom. The lowest BCUT2D eigenvalue weighted by atomic mass is 10.1. The normalized spacial score (nSPS) is 12.0. The molecular weight excluding hydrogens is 346 g/mol. The number of fused-ring (bicyclic) bond motifs is 1. The van der Waals surface area contributed by atoms with Crippen LogP contribution in [0.3, 0.4) is 0 Å². The Hall–Kier alpha value is -2.29. The number of thioether (sulfide) groups is 1. The molecule has 0 aliphatic rings. The van der Waals surface area contributed by atoms with Crippen LogP contribution >= 0.6 is 11.8 Å². The van der Waals surface area contributed by atoms with Crippen LogP contribution < -0.4 is 5.32 Å². The van der Waals surface area contributed by atoms with Gasteiger partial charge in [0.2, 0.25) is 5.71 Å². The Morgan fingerprint density at radius 2 is 2.16 bits per heavy atom. The van der Waals surface area contributed by atoms with E-state index in [1.54, 1.807) is 25.6 Å². The van der Waals surface area contributed by atoms with Gasteiger partial charge < -0.3 is 19.2 Å². The minimum Gasteiger partial charge on any atom is -0.467 e. The van der Waals surface area contributed by atoms with Gasteiger partial charge in [0, 0.05) is 0 Å². The molecule has 25 heavy (non-hydrogen) atoms. The van der Waals surface area contributed by atoms with E-state index < -0.39 is 18.0 Å². The summed E-state index contributed by atoms with van der Waals surface area (Å²) in [6, 6.07) is -0.596. The number of furan rings is 1. The Morgan fingerprint density at radius 3 is 2.80 bits per heavy atom. The standard InChI is InChI=1S/C16H21N3O5S/c1-5-23-16(21)11-9(2)24-14-12(11)13(17-8-18-14)19-10(6-7-25-4)15(20)22-3/h8,10H,5-7H2,1-4H3,(H,17,18,19). The molecule has 2 aromatic rings. The Bertz CT molecular complexity index is 762. The van der Waals surface area contributed by atoms with E-state index in [0.29, 0.717) is 23.4 Å². The average molecular weight is 367 g/mol. The van der Waals surface area contributed by atoms with E-state index in [1.165, 1.54) is 13.4 Å². The first kappa shape index (κ1) is 19.0. The zero-order valence-electron chi connectivity index (χ0n) is 14.6. The monoisotopic (exact) mass is 367 g/mol. The van der Waals surface area contributed by atoms with Gasteiger partial charge in [-0.05, 0) is 32.3 Å². The molecule has 0 radical (unpaired) electrons. The Balaban J connectivity index is 2.46. The van der Waals surface area contributed by atoms with Crippen molar-refractivity contribution in [3.8, 4) is 0 Å². The van der Waals surface area contributed by atoms with Crippen LogP contribution in [0.5, 0.6) is 0 Å². The van der Waals surface area contributed by atoms with Gasteiger partial charge in [0.25, 0.3) is 0 Å². The summed E-state index contributed by atoms with van der Waals surface area (Å²) in [5.74, 6) is 0.557. The van der Waals surface area contributed by atoms with Gasteiger partial charge in [0.15, 0.2) is 0 Å². The van der Waals surface area contributed by atoms with Crippen molar-refractivity contribution in [2.24, 2.45) is 0 Å². The van der Waals surface area contributed by atoms with Gasteiger partial charge in [-0.2, -0.15) is 11.8 Å². The van der Waals surface area contributed by atoms with E-state index in [2.05, 4.69) is 15.3 Å². The number of anilines is 1. The zero-order valence-corrected chi connectivity index (χ0v) is 15.4. The number of aromatic nitrogens is 2. The summed E-state index contributed by atoms with van der Waals surface area (Å²) < 4.78 is 15.5. The molecule has 136 valence electrons. The van der Waals surface area contributed by atoms with Crippen molar-refractivity contribution in [1.82, 2.24) is 9.97 Å². The van der Waals surface area contributed by atoms with Gasteiger partial charge in [-0.15, -0.1) is 0 Å². The summed E-state index contributed by atoms with van der Waals surface area (Å²) in [6.45, 7) is 3.62. The molecule has 0 bridgehead atoms. The topological polar surface area (TPSA) is 104 Å². The smallest absolute Gasteiger partial charge is 0.342 e. The molecule has 0 aromatic carbocycles. The zero-order chi connectivity index (χ0) is 18.4. The van der Waals surface area contributed by atoms with Crippen LogP contribution in [0.1, 0.15) is 29.5 Å². The molecule has 0 spiro atoms. The van der Waals surface area contributed by atoms with Gasteiger partial charge in [-0.25, -0.2) is 19.6 Å². The molecule has 1 atom stereocenters. The number of methoxy groups -OCH3 is 1. The lowest BCUT2D eigenvalue weighted by Gasteiger charge is -2.17. The van der Waals surface area contributed by atoms with E-state index in [-0.39, 0.29) is 17.9 Å². The number of hydrogen-bond acceptors (Lipinski definition) is 9. The first-order chi connectivity index (χ1) is 12.0. The fraction of sp³-hybridized carbons (Fsp3) is 0.500. The maximum absolute atomic E-state index is 12.3. The fourth-order valence-corrected chi connectivity index (χ4v) is 2.87. The van der Waals surface area contributed by atoms with Crippen molar-refractivity contribution in [2.45, 2.75) is 26.3 Å². The van der Waals surface area contributed by atoms with Crippen molar-refractivity contribution in [3.63, 3.8) is 0 Å². The first-order valence-corrected chi connectivity index (χ1v) is 9.17. The number of esters is 2. The van der Waals surface area contributed by atoms with E-state index in [1.807, 2.05) is 6.26 Å². The number of hydrogen-bond donors (Lipinski definition) is 1. The number of nitrogens with zero attached hydrogens (tertiary/aromatic N) is 2. The second kappa shape index (κ2) is 8.70. The van der Waals surface area contributed by atoms with Gasteiger partial charge in [0.05, 0.1) is 19.1 Å². The highest BCUT2D eigenvalue weighted by Crippen LogP contribution is 2.30. The second-order valence-electron chi connectivity index (χ2n) is 5.16. The van der Waals surface area contributed by atoms with Gasteiger partial charge in [-0.1, -0.05) is 0 Å². The molecule has 8 nitrogen and oxygen atoms in total. The van der Waals surface area contributed by atoms with Crippen LogP contribution in [0.15, 0.2) is 10.7 Å². The average Bonchev–Trinajstić information content (AvgIpc) is 2.94. The van der Waals surface area contributed by atoms with E-state index >= 15 is 0 Å². The van der Waals surface area contributed by atoms with E-state index in [9.17, 15) is 9.59 Å². The van der Waals surface area contributed by atoms with Crippen LogP contribution in [-0.4, -0.2) is 53.7 Å². The lowest BCUT2D eigenvalue weighted by molar-refractivity contribution is -0.141. The van der Waals surface area contributed by atoms with Gasteiger partial charge in [0.1, 0.15) is 29.5 Å². The summed E-state index contributed by atoms with van der Waals surface area (Å²) in [5.41, 5.74) is 0.514. The molecule has 0 aliphatic carbocycles. The van der Waals surface area contributed by atoms with Gasteiger partial charge in [-0.3, -0.25) is 0 Å². The van der Waals surface area contributed by atoms with Crippen LogP contribution in [0.25, 0.3) is 11.1 Å². The third-order valence-electron chi connectivity index (χ3n) is 3.55. The molecular formula is C16H21N3O5S. The molecule has 2 aromatic heterocycles. The molecule has 0 saturated heterocycles. The van der Waals surface area contributed by atoms with Crippen LogP contribution in [0, 0.1) is 6.92 Å². The third kappa shape index (κ3) is 4.22. The fourth-order valence-electron chi connectivity index (χ4n) is 2.39. The van der Waals surface area contributed by atoms with Crippen molar-refractivity contribution in [3.05, 3.63) is 17.7 Å². The summed E-state index contributed by atoms with van der Waals surface area (Å²) in [5, 5.41) is 3.45. The maximum Gasteiger partial charge on any atom is 0.342 e. The summed E-state index contributed by atoms with van der Waals surface area (Å²) >= 11 is 1.62. The molecule has 0 amide bonds. The molecule has 0 aliphatic heterocycles. The number of rotatable bonds is 8. The summed E-state index contributed by atoms with van der Waals surface area (Å²) in [7, 11) is 1.33. The highest BCUT2D eigenvalue weighted by atomic mass is 32.2. The predicted molar refractivity (Wildman–Crippen MR) is 94.9 cm³/mol. The van der Waals surface area contributed by atoms with Gasteiger partial charge >= 0.3 is 11.9 Å². The quantitative estimate of drug-likeness (QED) is 0.704. The molecule has 0 fully saturated rings. The first-order valence-electron chi connectivity index (χ1n) is 7.77. The summed E-state index contributed by atoms with van der Waals surface area (Å²) in [6.07, 6.45) is 3.81. The minimum absolute atomic E-state index is 0.236. The Kier molecular flexibility index (Phi) is 6.63. The summed E-state index contributed by atoms with van der Waals surface area (Å²) in [4.78, 5) is 32.6. The number of nitrogens with one attached hydrogen (secondary N) is 1.